The maximum Gasteiger partial charge on any atom is 0.213 e. The van der Waals surface area contributed by atoms with Gasteiger partial charge in [-0.2, -0.15) is 0 Å². The van der Waals surface area contributed by atoms with Crippen LogP contribution in [-0.2, 0) is 15.6 Å². The van der Waals surface area contributed by atoms with Gasteiger partial charge in [0.25, 0.3) is 0 Å². The molecule has 1 unspecified atom stereocenters. The molecule has 0 amide bonds. The fourth-order valence-electron chi connectivity index (χ4n) is 2.33. The number of nitrogens with one attached hydrogen (secondary N) is 2. The quantitative estimate of drug-likeness (QED) is 0.319. The van der Waals surface area contributed by atoms with Crippen LogP contribution >= 0.6 is 0 Å². The summed E-state index contributed by atoms with van der Waals surface area (Å²) in [5.41, 5.74) is -0.245. The summed E-state index contributed by atoms with van der Waals surface area (Å²) in [5.74, 6) is 0.708. The van der Waals surface area contributed by atoms with Gasteiger partial charge in [0.1, 0.15) is 5.60 Å². The summed E-state index contributed by atoms with van der Waals surface area (Å²) in [4.78, 5) is 4.46. The van der Waals surface area contributed by atoms with E-state index in [2.05, 4.69) is 15.6 Å². The molecule has 0 aliphatic carbocycles. The highest BCUT2D eigenvalue weighted by atomic mass is 32.2. The number of sulfonamides is 1. The monoisotopic (exact) mass is 384 g/mol. The van der Waals surface area contributed by atoms with E-state index in [-0.39, 0.29) is 12.3 Å². The maximum atomic E-state index is 11.7. The molecular weight excluding hydrogens is 352 g/mol. The standard InChI is InChI=1S/C18H32N4O3S/c1-5-19-17(20-13-10-14-22(4)26(24,25)6-2)21-15-18(3,23)16-11-8-7-9-12-16/h7-9,11-12,23H,5-6,10,13-15H2,1-4H3,(H2,19,20,21). The lowest BCUT2D eigenvalue weighted by atomic mass is 9.96. The largest absolute Gasteiger partial charge is 0.384 e. The van der Waals surface area contributed by atoms with Crippen molar-refractivity contribution >= 4 is 16.0 Å². The van der Waals surface area contributed by atoms with E-state index in [1.54, 1.807) is 20.9 Å². The number of nitrogens with zero attached hydrogens (tertiary/aromatic N) is 2. The Kier molecular flexibility index (Phi) is 9.04. The average Bonchev–Trinajstić information content (AvgIpc) is 2.63. The minimum absolute atomic E-state index is 0.107. The van der Waals surface area contributed by atoms with Crippen LogP contribution in [0.1, 0.15) is 32.8 Å². The number of guanidine groups is 1. The molecule has 0 aliphatic heterocycles. The number of aliphatic hydroxyl groups is 1. The fourth-order valence-corrected chi connectivity index (χ4v) is 3.18. The van der Waals surface area contributed by atoms with Gasteiger partial charge in [0.15, 0.2) is 5.96 Å². The molecule has 0 fully saturated rings. The second-order valence-electron chi connectivity index (χ2n) is 6.34. The van der Waals surface area contributed by atoms with E-state index in [4.69, 9.17) is 0 Å². The highest BCUT2D eigenvalue weighted by Gasteiger charge is 2.22. The summed E-state index contributed by atoms with van der Waals surface area (Å²) in [6.45, 7) is 7.29. The molecule has 1 rings (SSSR count). The molecule has 0 bridgehead atoms. The van der Waals surface area contributed by atoms with E-state index in [1.165, 1.54) is 4.31 Å². The molecule has 148 valence electrons. The topological polar surface area (TPSA) is 94.0 Å². The summed E-state index contributed by atoms with van der Waals surface area (Å²) in [6.07, 6.45) is 0.662. The zero-order valence-corrected chi connectivity index (χ0v) is 17.0. The summed E-state index contributed by atoms with van der Waals surface area (Å²) in [5, 5.41) is 16.9. The molecule has 1 atom stereocenters. The van der Waals surface area contributed by atoms with Crippen molar-refractivity contribution in [3.63, 3.8) is 0 Å². The number of benzene rings is 1. The van der Waals surface area contributed by atoms with Crippen LogP contribution in [0, 0.1) is 0 Å². The Morgan fingerprint density at radius 3 is 2.46 bits per heavy atom. The van der Waals surface area contributed by atoms with Gasteiger partial charge in [-0.15, -0.1) is 0 Å². The molecule has 0 aliphatic rings. The summed E-state index contributed by atoms with van der Waals surface area (Å²) >= 11 is 0. The molecule has 8 heteroatoms. The Labute approximate surface area is 157 Å². The predicted molar refractivity (Wildman–Crippen MR) is 107 cm³/mol. The molecule has 0 heterocycles. The second-order valence-corrected chi connectivity index (χ2v) is 8.70. The van der Waals surface area contributed by atoms with Gasteiger partial charge in [-0.25, -0.2) is 17.7 Å². The Balaban J connectivity index is 2.56. The molecule has 0 saturated heterocycles. The highest BCUT2D eigenvalue weighted by molar-refractivity contribution is 7.89. The molecular formula is C18H32N4O3S. The molecule has 0 saturated carbocycles. The predicted octanol–water partition coefficient (Wildman–Crippen LogP) is 1.12. The van der Waals surface area contributed by atoms with Gasteiger partial charge >= 0.3 is 0 Å². The summed E-state index contributed by atoms with van der Waals surface area (Å²) < 4.78 is 24.8. The second kappa shape index (κ2) is 10.5. The van der Waals surface area contributed by atoms with E-state index in [0.29, 0.717) is 32.0 Å². The van der Waals surface area contributed by atoms with Crippen LogP contribution in [-0.4, -0.2) is 62.8 Å². The van der Waals surface area contributed by atoms with Gasteiger partial charge in [0.05, 0.1) is 12.3 Å². The Bertz CT molecular complexity index is 660. The van der Waals surface area contributed by atoms with Crippen LogP contribution in [0.4, 0.5) is 0 Å². The van der Waals surface area contributed by atoms with Gasteiger partial charge in [-0.1, -0.05) is 30.3 Å². The van der Waals surface area contributed by atoms with Crippen LogP contribution in [0.3, 0.4) is 0 Å². The fraction of sp³-hybridized carbons (Fsp3) is 0.611. The number of aliphatic imine (C=N–C) groups is 1. The molecule has 1 aromatic rings. The first-order valence-corrected chi connectivity index (χ1v) is 10.6. The Hall–Kier alpha value is -1.64. The molecule has 26 heavy (non-hydrogen) atoms. The van der Waals surface area contributed by atoms with Crippen LogP contribution in [0.25, 0.3) is 0 Å². The summed E-state index contributed by atoms with van der Waals surface area (Å²) in [6, 6.07) is 9.43. The zero-order valence-electron chi connectivity index (χ0n) is 16.2. The van der Waals surface area contributed by atoms with Crippen molar-refractivity contribution < 1.29 is 13.5 Å². The van der Waals surface area contributed by atoms with Crippen LogP contribution in [0.2, 0.25) is 0 Å². The number of hydrogen-bond acceptors (Lipinski definition) is 4. The first-order chi connectivity index (χ1) is 12.2. The smallest absolute Gasteiger partial charge is 0.213 e. The first-order valence-electron chi connectivity index (χ1n) is 8.97. The summed E-state index contributed by atoms with van der Waals surface area (Å²) in [7, 11) is -1.55. The minimum atomic E-state index is -3.14. The molecule has 0 aromatic heterocycles. The third-order valence-corrected chi connectivity index (χ3v) is 5.93. The highest BCUT2D eigenvalue weighted by Crippen LogP contribution is 2.20. The lowest BCUT2D eigenvalue weighted by Gasteiger charge is -2.22. The SMILES string of the molecule is CCNC(=NCC(C)(O)c1ccccc1)NCCCN(C)S(=O)(=O)CC. The van der Waals surface area contributed by atoms with Crippen molar-refractivity contribution in [2.75, 3.05) is 39.0 Å². The van der Waals surface area contributed by atoms with Crippen LogP contribution < -0.4 is 10.6 Å². The lowest BCUT2D eigenvalue weighted by molar-refractivity contribution is 0.0672. The van der Waals surface area contributed by atoms with Crippen molar-refractivity contribution in [2.45, 2.75) is 32.8 Å². The molecule has 0 spiro atoms. The van der Waals surface area contributed by atoms with Crippen molar-refractivity contribution in [3.8, 4) is 0 Å². The van der Waals surface area contributed by atoms with Gasteiger partial charge < -0.3 is 15.7 Å². The van der Waals surface area contributed by atoms with E-state index in [1.807, 2.05) is 37.3 Å². The van der Waals surface area contributed by atoms with E-state index < -0.39 is 15.6 Å². The third-order valence-electron chi connectivity index (χ3n) is 4.07. The number of rotatable bonds is 10. The lowest BCUT2D eigenvalue weighted by Crippen LogP contribution is -2.40. The van der Waals surface area contributed by atoms with Crippen molar-refractivity contribution in [1.29, 1.82) is 0 Å². The Morgan fingerprint density at radius 2 is 1.88 bits per heavy atom. The van der Waals surface area contributed by atoms with Gasteiger partial charge in [-0.3, -0.25) is 0 Å². The van der Waals surface area contributed by atoms with Gasteiger partial charge in [0, 0.05) is 26.7 Å². The average molecular weight is 385 g/mol. The van der Waals surface area contributed by atoms with Crippen LogP contribution in [0.5, 0.6) is 0 Å². The van der Waals surface area contributed by atoms with Gasteiger partial charge in [0.2, 0.25) is 10.0 Å². The molecule has 0 radical (unpaired) electrons. The van der Waals surface area contributed by atoms with Crippen LogP contribution in [0.15, 0.2) is 35.3 Å². The number of hydrogen-bond donors (Lipinski definition) is 3. The van der Waals surface area contributed by atoms with Crippen molar-refractivity contribution in [2.24, 2.45) is 4.99 Å². The van der Waals surface area contributed by atoms with Crippen molar-refractivity contribution in [1.82, 2.24) is 14.9 Å². The zero-order chi connectivity index (χ0) is 19.6. The molecule has 3 N–H and O–H groups in total. The van der Waals surface area contributed by atoms with Crippen molar-refractivity contribution in [3.05, 3.63) is 35.9 Å². The maximum absolute atomic E-state index is 11.7. The minimum Gasteiger partial charge on any atom is -0.384 e. The normalized spacial score (nSPS) is 14.9. The first kappa shape index (κ1) is 22.4. The third kappa shape index (κ3) is 7.31. The van der Waals surface area contributed by atoms with E-state index in [9.17, 15) is 13.5 Å². The van der Waals surface area contributed by atoms with E-state index >= 15 is 0 Å². The molecule has 7 nitrogen and oxygen atoms in total. The van der Waals surface area contributed by atoms with E-state index in [0.717, 1.165) is 5.56 Å². The molecule has 1 aromatic carbocycles. The Morgan fingerprint density at radius 1 is 1.23 bits per heavy atom. The van der Waals surface area contributed by atoms with Gasteiger partial charge in [-0.05, 0) is 32.8 Å².